The number of hydrogen-bond acceptors (Lipinski definition) is 33. The van der Waals surface area contributed by atoms with Gasteiger partial charge in [0.2, 0.25) is 24.3 Å². The minimum absolute atomic E-state index is 0.00325. The lowest BCUT2D eigenvalue weighted by atomic mass is 10.1. The predicted molar refractivity (Wildman–Crippen MR) is 556 cm³/mol. The van der Waals surface area contributed by atoms with E-state index in [1.54, 1.807) is 193 Å². The average molecular weight is 2250 g/mol. The second kappa shape index (κ2) is 62.3. The fraction of sp³-hybridized carbons (Fsp3) is 0.291. The molecule has 0 saturated carbocycles. The number of imidazole rings is 5. The number of ether oxygens (including phenoxy) is 9. The van der Waals surface area contributed by atoms with Gasteiger partial charge in [0.05, 0.1) is 111 Å². The van der Waals surface area contributed by atoms with Gasteiger partial charge in [0.15, 0.2) is 0 Å². The number of aryl methyl sites for hydroxylation is 2. The summed E-state index contributed by atoms with van der Waals surface area (Å²) in [5.41, 5.74) is 0.352. The number of carbonyl (C=O) groups excluding carboxylic acids is 6. The quantitative estimate of drug-likeness (QED) is 0.00685. The largest absolute Gasteiger partial charge is 0.506 e. The second-order valence-corrected chi connectivity index (χ2v) is 35.6. The van der Waals surface area contributed by atoms with Crippen LogP contribution in [0.4, 0.5) is 9.59 Å². The van der Waals surface area contributed by atoms with Gasteiger partial charge in [-0.2, -0.15) is 9.13 Å². The fourth-order valence-corrected chi connectivity index (χ4v) is 13.2. The van der Waals surface area contributed by atoms with E-state index in [9.17, 15) is 28.8 Å². The topological polar surface area (TPSA) is 505 Å². The number of rotatable bonds is 39. The Morgan fingerprint density at radius 2 is 0.660 bits per heavy atom. The van der Waals surface area contributed by atoms with Gasteiger partial charge in [-0.15, -0.1) is 10.1 Å². The van der Waals surface area contributed by atoms with E-state index in [0.717, 1.165) is 111 Å². The summed E-state index contributed by atoms with van der Waals surface area (Å²) >= 11 is 9.57. The normalized spacial score (nSPS) is 11.5. The number of nitrogens with one attached hydrogen (secondary N) is 2. The van der Waals surface area contributed by atoms with Crippen LogP contribution in [0.15, 0.2) is 303 Å². The van der Waals surface area contributed by atoms with Crippen molar-refractivity contribution in [2.75, 3.05) is 92.4 Å². The summed E-state index contributed by atoms with van der Waals surface area (Å²) < 4.78 is 63.6. The number of hydroxylamine groups is 4. The number of imide groups is 2. The molecule has 2 aliphatic heterocycles. The van der Waals surface area contributed by atoms with Gasteiger partial charge in [0, 0.05) is 75.2 Å². The maximum absolute atomic E-state index is 12.3. The maximum Gasteiger partial charge on any atom is 0.407 e. The first-order chi connectivity index (χ1) is 72.6. The Morgan fingerprint density at radius 1 is 0.367 bits per heavy atom. The summed E-state index contributed by atoms with van der Waals surface area (Å²) in [6.07, 6.45) is 42.7. The van der Waals surface area contributed by atoms with Gasteiger partial charge in [-0.25, -0.2) is 79.4 Å². The zero-order valence-corrected chi connectivity index (χ0v) is 88.4. The number of aromatic hydroxyl groups is 1. The van der Waals surface area contributed by atoms with E-state index in [4.69, 9.17) is 73.5 Å². The molecule has 0 fully saturated rings. The molecule has 2 aliphatic rings. The number of alkyl carbamates (subject to hydrolysis) is 2. The molecule has 0 spiro atoms. The third-order valence-corrected chi connectivity index (χ3v) is 20.7. The number of amides is 6. The Bertz CT molecular complexity index is 6280. The van der Waals surface area contributed by atoms with Crippen LogP contribution < -0.4 is 58.8 Å². The first-order valence-corrected chi connectivity index (χ1v) is 49.5. The highest BCUT2D eigenvalue weighted by Gasteiger charge is 2.38. The summed E-state index contributed by atoms with van der Waals surface area (Å²) in [6.45, 7) is 20.9. The third kappa shape index (κ3) is 40.7. The molecule has 0 atom stereocenters. The van der Waals surface area contributed by atoms with Crippen LogP contribution >= 0.6 is 47.8 Å². The number of aliphatic hydroxyl groups is 2. The molecule has 790 valence electrons. The molecule has 7 N–H and O–H groups in total. The zero-order chi connectivity index (χ0) is 107. The molecule has 13 aromatic heterocycles. The van der Waals surface area contributed by atoms with Crippen LogP contribution in [-0.4, -0.2) is 242 Å². The van der Waals surface area contributed by atoms with Crippen molar-refractivity contribution in [2.45, 2.75) is 105 Å². The van der Waals surface area contributed by atoms with Crippen molar-refractivity contribution < 1.29 is 110 Å². The highest BCUT2D eigenvalue weighted by atomic mass is 79.9. The van der Waals surface area contributed by atoms with Crippen molar-refractivity contribution >= 4 is 83.6 Å². The summed E-state index contributed by atoms with van der Waals surface area (Å²) in [5.74, 6) is 11.8. The molecule has 17 rings (SSSR count). The Labute approximate surface area is 890 Å². The molecule has 47 heteroatoms. The first-order valence-electron chi connectivity index (χ1n) is 47.1. The van der Waals surface area contributed by atoms with Gasteiger partial charge in [-0.1, -0.05) is 38.1 Å². The number of aliphatic hydroxyl groups excluding tert-OH is 2. The molecule has 44 nitrogen and oxygen atoms in total. The van der Waals surface area contributed by atoms with Crippen LogP contribution in [0.2, 0.25) is 0 Å². The molecule has 15 aromatic rings. The molecule has 150 heavy (non-hydrogen) atoms. The second-order valence-electron chi connectivity index (χ2n) is 33.1. The van der Waals surface area contributed by atoms with E-state index >= 15 is 0 Å². The van der Waals surface area contributed by atoms with E-state index < -0.39 is 47.0 Å². The van der Waals surface area contributed by atoms with Crippen molar-refractivity contribution in [3.8, 4) is 75.1 Å². The van der Waals surface area contributed by atoms with Crippen LogP contribution in [0.3, 0.4) is 0 Å². The summed E-state index contributed by atoms with van der Waals surface area (Å²) in [7, 11) is 0. The molecule has 6 amide bonds. The van der Waals surface area contributed by atoms with Gasteiger partial charge < -0.3 is 73.4 Å². The summed E-state index contributed by atoms with van der Waals surface area (Å²) in [5, 5.41) is 32.7. The highest BCUT2D eigenvalue weighted by molar-refractivity contribution is 9.11. The minimum Gasteiger partial charge on any atom is -0.506 e. The highest BCUT2D eigenvalue weighted by Crippen LogP contribution is 2.27. The molecule has 0 radical (unpaired) electrons. The number of hydrogen-bond donors (Lipinski definition) is 6. The van der Waals surface area contributed by atoms with Crippen molar-refractivity contribution in [3.63, 3.8) is 0 Å². The Kier molecular flexibility index (Phi) is 48.2. The van der Waals surface area contributed by atoms with E-state index in [1.165, 1.54) is 6.20 Å². The molecule has 15 heterocycles. The van der Waals surface area contributed by atoms with Crippen LogP contribution in [0.25, 0.3) is 29.1 Å². The molecule has 2 aromatic carbocycles. The lowest BCUT2D eigenvalue weighted by Gasteiger charge is -2.19. The standard InChI is InChI=1S/C26H29N5O6.C18H27N5O4.C18H14N4O4.C11H13N3O.C10H11N3O2.C8H10BrNO.C7H8BrNO2.C5H4BrNO/c1-26(2,3)37-25(34)27-11-6-12-29-13-14-30(18-29)22-10-9-19(17-28-22)35-15-16-36-31-23(32)20-7-4-5-8-21(20)24(31)33;1-18(2,3)27-17(24)20-7-4-8-22-9-10-23(14-22)16-6-5-15(13-21-16)25-11-12-26-19;23-17-14-3-1-2-4-15(14)18(24)22(17)26-10-9-25-13-5-6-16(20-11-13)21-8-7-19-12-21;1-2-7-15-10-3-4-11(13-8-10)14-6-5-12-9-14;14-5-6-15-9-1-2-10(12-7-9)13-4-3-11-8-13;1-2-5-11-7-3-4-8(9)10-6-7;8-7-2-1-6(5-9-7)11-4-3-10;6-5-2-1-4(8)3-7-5/h4-5,7-10,13-14,17-18H,6,11-12,15-16H2,1-3H3;5-6,9-10,13-14H,4,7-8,11-12,19H2,1-3H3;1-8,11-12H,9-10H2;3-6,8-9H,2,7H2,1H3;1-4,7-8,14H,5-6H2;3-4,6H,2,5H2,1H3;1-2,5,10H,3-4H2;1-3,8H/p+2. The van der Waals surface area contributed by atoms with Crippen LogP contribution in [0.5, 0.6) is 46.0 Å². The lowest BCUT2D eigenvalue weighted by Crippen LogP contribution is -2.36. The monoisotopic (exact) mass is 2250 g/mol. The number of fused-ring (bicyclic) bond motifs is 2. The summed E-state index contributed by atoms with van der Waals surface area (Å²) in [6, 6.07) is 42.1. The minimum atomic E-state index is -0.515. The van der Waals surface area contributed by atoms with Crippen molar-refractivity contribution in [2.24, 2.45) is 5.90 Å². The molecule has 0 aliphatic carbocycles. The van der Waals surface area contributed by atoms with Gasteiger partial charge in [-0.05, 0) is 211 Å². The SMILES string of the molecule is CC(C)(C)OC(=O)NCCC[n+]1ccn(-c2ccc(OCCON)cn2)c1.CC(C)(C)OC(=O)NCCC[n+]1ccn(-c2ccc(OCCON3C(=O)c4ccccc4C3=O)cn2)c1.CCCOc1ccc(-n2ccnc2)nc1.CCCOc1ccc(Br)nc1.O=C1c2ccccc2C(=O)N1OCCOc1ccc(-n2ccnc2)nc1.OCCOc1ccc(-n2ccnc2)nc1.OCCOc1ccc(Br)nc1.Oc1ccc(Br)nc1. The van der Waals surface area contributed by atoms with Crippen LogP contribution in [0.1, 0.15) is 123 Å². The van der Waals surface area contributed by atoms with E-state index in [0.29, 0.717) is 89.7 Å². The van der Waals surface area contributed by atoms with E-state index in [2.05, 4.69) is 132 Å². The van der Waals surface area contributed by atoms with Gasteiger partial charge >= 0.3 is 12.2 Å². The number of pyridine rings is 8. The number of halogens is 3. The smallest absolute Gasteiger partial charge is 0.407 e. The van der Waals surface area contributed by atoms with Crippen LogP contribution in [-0.2, 0) is 37.1 Å². The van der Waals surface area contributed by atoms with Crippen molar-refractivity contribution in [1.82, 2.24) is 98.4 Å². The van der Waals surface area contributed by atoms with Gasteiger partial charge in [0.1, 0.15) is 185 Å². The van der Waals surface area contributed by atoms with Gasteiger partial charge in [0.25, 0.3) is 23.6 Å². The average Bonchev–Trinajstić information content (AvgIpc) is 1.64. The molecular weight excluding hydrogens is 2130 g/mol. The molecule has 0 unspecified atom stereocenters. The number of carbonyl (C=O) groups is 6. The van der Waals surface area contributed by atoms with E-state index in [-0.39, 0.29) is 52.0 Å². The Balaban J connectivity index is 0.000000183. The number of aromatic nitrogens is 18. The predicted octanol–water partition coefficient (Wildman–Crippen LogP) is 14.0. The Hall–Kier alpha value is -15.9. The molecule has 0 bridgehead atoms. The van der Waals surface area contributed by atoms with Crippen molar-refractivity contribution in [1.29, 1.82) is 0 Å². The first kappa shape index (κ1) is 116. The fourth-order valence-electron chi connectivity index (χ4n) is 12.5. The molecule has 0 saturated heterocycles. The maximum atomic E-state index is 12.3. The van der Waals surface area contributed by atoms with E-state index in [1.807, 2.05) is 163 Å². The third-order valence-electron chi connectivity index (χ3n) is 19.3. The molecular formula is C103H118Br3N23O21+2. The number of benzene rings is 2. The number of nitrogens with zero attached hydrogens (tertiary/aromatic N) is 20. The summed E-state index contributed by atoms with van der Waals surface area (Å²) in [4.78, 5) is 132. The van der Waals surface area contributed by atoms with Crippen LogP contribution in [0, 0.1) is 0 Å². The number of nitrogens with two attached hydrogens (primary N) is 1. The van der Waals surface area contributed by atoms with Crippen molar-refractivity contribution in [3.05, 3.63) is 325 Å². The zero-order valence-electron chi connectivity index (χ0n) is 83.6. The Morgan fingerprint density at radius 3 is 0.920 bits per heavy atom. The van der Waals surface area contributed by atoms with Gasteiger partial charge in [-0.3, -0.25) is 42.6 Å². The lowest BCUT2D eigenvalue weighted by molar-refractivity contribution is -0.696.